The Morgan fingerprint density at radius 2 is 2.14 bits per heavy atom. The quantitative estimate of drug-likeness (QED) is 0.644. The maximum absolute atomic E-state index is 14.2. The topological polar surface area (TPSA) is 115 Å². The summed E-state index contributed by atoms with van der Waals surface area (Å²) >= 11 is 0. The molecule has 3 N–H and O–H groups in total. The number of halogens is 2. The van der Waals surface area contributed by atoms with Crippen LogP contribution in [0.15, 0.2) is 30.5 Å². The number of carbonyl (C=O) groups excluding carboxylic acids is 1. The fraction of sp³-hybridized carbons (Fsp3) is 0.235. The lowest BCUT2D eigenvalue weighted by Gasteiger charge is -2.17. The van der Waals surface area contributed by atoms with Gasteiger partial charge in [-0.15, -0.1) is 5.10 Å². The van der Waals surface area contributed by atoms with E-state index in [1.54, 1.807) is 14.1 Å². The summed E-state index contributed by atoms with van der Waals surface area (Å²) in [6.45, 7) is 1.11. The minimum Gasteiger partial charge on any atom is -0.383 e. The number of rotatable bonds is 6. The minimum absolute atomic E-state index is 0.0297. The molecule has 0 spiro atoms. The van der Waals surface area contributed by atoms with Crippen molar-refractivity contribution in [2.75, 3.05) is 32.9 Å². The zero-order chi connectivity index (χ0) is 20.3. The van der Waals surface area contributed by atoms with Gasteiger partial charge in [0.15, 0.2) is 17.5 Å². The van der Waals surface area contributed by atoms with Gasteiger partial charge in [-0.25, -0.2) is 13.8 Å². The average molecular weight is 388 g/mol. The number of tetrazole rings is 1. The van der Waals surface area contributed by atoms with E-state index in [1.165, 1.54) is 29.3 Å². The van der Waals surface area contributed by atoms with E-state index in [0.29, 0.717) is 13.1 Å². The predicted molar refractivity (Wildman–Crippen MR) is 97.6 cm³/mol. The van der Waals surface area contributed by atoms with Crippen molar-refractivity contribution in [3.05, 3.63) is 47.7 Å². The second-order valence-corrected chi connectivity index (χ2v) is 5.97. The summed E-state index contributed by atoms with van der Waals surface area (Å²) in [7, 11) is 3.44. The van der Waals surface area contributed by atoms with Crippen molar-refractivity contribution in [2.24, 2.45) is 0 Å². The fourth-order valence-corrected chi connectivity index (χ4v) is 2.55. The van der Waals surface area contributed by atoms with Gasteiger partial charge < -0.3 is 16.0 Å². The lowest BCUT2D eigenvalue weighted by molar-refractivity contribution is 0.0796. The molecule has 28 heavy (non-hydrogen) atoms. The monoisotopic (exact) mass is 388 g/mol. The van der Waals surface area contributed by atoms with Crippen molar-refractivity contribution in [1.82, 2.24) is 35.4 Å². The average Bonchev–Trinajstić information content (AvgIpc) is 3.17. The molecular weight excluding hydrogens is 370 g/mol. The number of nitrogens with two attached hydrogens (primary N) is 1. The van der Waals surface area contributed by atoms with Crippen LogP contribution in [0.3, 0.4) is 0 Å². The van der Waals surface area contributed by atoms with Crippen LogP contribution in [0.1, 0.15) is 10.4 Å². The smallest absolute Gasteiger partial charge is 0.255 e. The Hall–Kier alpha value is -3.47. The molecule has 0 atom stereocenters. The van der Waals surface area contributed by atoms with Crippen LogP contribution in [0, 0.1) is 11.6 Å². The zero-order valence-corrected chi connectivity index (χ0v) is 15.2. The third kappa shape index (κ3) is 3.64. The van der Waals surface area contributed by atoms with Gasteiger partial charge in [0.2, 0.25) is 0 Å². The van der Waals surface area contributed by atoms with Crippen LogP contribution in [0.4, 0.5) is 14.6 Å². The van der Waals surface area contributed by atoms with E-state index in [2.05, 4.69) is 25.8 Å². The number of likely N-dealkylation sites (N-methyl/N-ethyl adjacent to an activating group) is 2. The molecule has 0 unspecified atom stereocenters. The molecule has 0 aliphatic rings. The highest BCUT2D eigenvalue weighted by molar-refractivity contribution is 5.95. The van der Waals surface area contributed by atoms with E-state index in [9.17, 15) is 13.6 Å². The fourth-order valence-electron chi connectivity index (χ4n) is 2.55. The van der Waals surface area contributed by atoms with Crippen LogP contribution in [0.25, 0.3) is 17.1 Å². The van der Waals surface area contributed by atoms with Crippen molar-refractivity contribution >= 4 is 11.7 Å². The van der Waals surface area contributed by atoms with Gasteiger partial charge in [0, 0.05) is 26.3 Å². The molecule has 11 heteroatoms. The van der Waals surface area contributed by atoms with E-state index in [4.69, 9.17) is 5.73 Å². The number of nitrogens with zero attached hydrogens (tertiary/aromatic N) is 6. The van der Waals surface area contributed by atoms with Gasteiger partial charge >= 0.3 is 0 Å². The first-order valence-electron chi connectivity index (χ1n) is 8.32. The SMILES string of the molecule is CNCCN(C)C(=O)c1cnc(N)c(-c2nnnn2-c2cccc(F)c2F)c1. The summed E-state index contributed by atoms with van der Waals surface area (Å²) in [6.07, 6.45) is 1.34. The third-order valence-electron chi connectivity index (χ3n) is 4.08. The Balaban J connectivity index is 2.03. The Morgan fingerprint density at radius 1 is 1.36 bits per heavy atom. The Labute approximate surface area is 159 Å². The normalized spacial score (nSPS) is 10.9. The van der Waals surface area contributed by atoms with Crippen molar-refractivity contribution in [3.63, 3.8) is 0 Å². The molecule has 0 saturated carbocycles. The lowest BCUT2D eigenvalue weighted by Crippen LogP contribution is -2.32. The van der Waals surface area contributed by atoms with Crippen LogP contribution in [0.2, 0.25) is 0 Å². The molecule has 2 heterocycles. The Kier molecular flexibility index (Phi) is 5.54. The molecule has 0 aliphatic heterocycles. The maximum Gasteiger partial charge on any atom is 0.255 e. The van der Waals surface area contributed by atoms with Crippen LogP contribution in [-0.4, -0.2) is 63.2 Å². The van der Waals surface area contributed by atoms with Gasteiger partial charge in [0.05, 0.1) is 11.1 Å². The molecule has 0 fully saturated rings. The van der Waals surface area contributed by atoms with Gasteiger partial charge in [0.25, 0.3) is 5.91 Å². The molecule has 0 aliphatic carbocycles. The van der Waals surface area contributed by atoms with Gasteiger partial charge in [-0.3, -0.25) is 4.79 Å². The molecule has 2 aromatic heterocycles. The summed E-state index contributed by atoms with van der Waals surface area (Å²) in [5, 5.41) is 14.0. The molecule has 0 saturated heterocycles. The largest absolute Gasteiger partial charge is 0.383 e. The van der Waals surface area contributed by atoms with Gasteiger partial charge in [0.1, 0.15) is 11.5 Å². The van der Waals surface area contributed by atoms with E-state index < -0.39 is 11.6 Å². The number of hydrogen-bond donors (Lipinski definition) is 2. The highest BCUT2D eigenvalue weighted by Crippen LogP contribution is 2.26. The summed E-state index contributed by atoms with van der Waals surface area (Å²) < 4.78 is 28.8. The molecule has 1 amide bonds. The third-order valence-corrected chi connectivity index (χ3v) is 4.08. The highest BCUT2D eigenvalue weighted by Gasteiger charge is 2.21. The van der Waals surface area contributed by atoms with E-state index in [-0.39, 0.29) is 34.4 Å². The van der Waals surface area contributed by atoms with Crippen LogP contribution >= 0.6 is 0 Å². The minimum atomic E-state index is -1.11. The molecule has 0 bridgehead atoms. The molecule has 3 rings (SSSR count). The predicted octanol–water partition coefficient (Wildman–Crippen LogP) is 0.876. The second kappa shape index (κ2) is 8.05. The number of aromatic nitrogens is 5. The number of nitrogen functional groups attached to an aromatic ring is 1. The highest BCUT2D eigenvalue weighted by atomic mass is 19.2. The number of nitrogens with one attached hydrogen (secondary N) is 1. The van der Waals surface area contributed by atoms with E-state index in [0.717, 1.165) is 10.7 Å². The number of anilines is 1. The molecular formula is C17H18F2N8O. The molecule has 1 aromatic carbocycles. The molecule has 146 valence electrons. The summed E-state index contributed by atoms with van der Waals surface area (Å²) in [6, 6.07) is 5.11. The van der Waals surface area contributed by atoms with Crippen molar-refractivity contribution in [1.29, 1.82) is 0 Å². The number of carbonyl (C=O) groups is 1. The summed E-state index contributed by atoms with van der Waals surface area (Å²) in [5.74, 6) is -2.36. The van der Waals surface area contributed by atoms with Crippen molar-refractivity contribution in [2.45, 2.75) is 0 Å². The Bertz CT molecular complexity index is 1010. The van der Waals surface area contributed by atoms with Crippen LogP contribution in [0.5, 0.6) is 0 Å². The summed E-state index contributed by atoms with van der Waals surface area (Å²) in [4.78, 5) is 18.1. The summed E-state index contributed by atoms with van der Waals surface area (Å²) in [5.41, 5.74) is 6.22. The first kappa shape index (κ1) is 19.3. The van der Waals surface area contributed by atoms with E-state index >= 15 is 0 Å². The van der Waals surface area contributed by atoms with Gasteiger partial charge in [-0.05, 0) is 35.7 Å². The lowest BCUT2D eigenvalue weighted by atomic mass is 10.1. The van der Waals surface area contributed by atoms with Crippen LogP contribution in [-0.2, 0) is 0 Å². The zero-order valence-electron chi connectivity index (χ0n) is 15.2. The standard InChI is InChI=1S/C17H18F2N8O/c1-21-6-7-26(2)17(28)10-8-11(15(20)22-9-10)16-23-24-25-27(16)13-5-3-4-12(18)14(13)19/h3-5,8-9,21H,6-7H2,1-2H3,(H2,20,22). The molecule has 3 aromatic rings. The van der Waals surface area contributed by atoms with Gasteiger partial charge in [-0.2, -0.15) is 4.68 Å². The first-order valence-corrected chi connectivity index (χ1v) is 8.32. The van der Waals surface area contributed by atoms with Gasteiger partial charge in [-0.1, -0.05) is 6.07 Å². The number of pyridine rings is 1. The maximum atomic E-state index is 14.2. The number of amides is 1. The second-order valence-electron chi connectivity index (χ2n) is 5.97. The van der Waals surface area contributed by atoms with E-state index in [1.807, 2.05) is 0 Å². The van der Waals surface area contributed by atoms with Crippen LogP contribution < -0.4 is 11.1 Å². The van der Waals surface area contributed by atoms with Crippen molar-refractivity contribution < 1.29 is 13.6 Å². The number of hydrogen-bond acceptors (Lipinski definition) is 7. The molecule has 0 radical (unpaired) electrons. The molecule has 9 nitrogen and oxygen atoms in total. The first-order chi connectivity index (χ1) is 13.4. The number of benzene rings is 1. The Morgan fingerprint density at radius 3 is 2.89 bits per heavy atom. The van der Waals surface area contributed by atoms with Crippen molar-refractivity contribution in [3.8, 4) is 17.1 Å².